The molecule has 0 aliphatic rings. The molecule has 0 aliphatic heterocycles. The summed E-state index contributed by atoms with van der Waals surface area (Å²) in [6, 6.07) is 5.96. The van der Waals surface area contributed by atoms with Gasteiger partial charge in [-0.25, -0.2) is 5.84 Å². The molecule has 1 aromatic carbocycles. The van der Waals surface area contributed by atoms with Gasteiger partial charge >= 0.3 is 0 Å². The summed E-state index contributed by atoms with van der Waals surface area (Å²) in [4.78, 5) is 18.6. The van der Waals surface area contributed by atoms with Gasteiger partial charge in [0.05, 0.1) is 22.5 Å². The highest BCUT2D eigenvalue weighted by molar-refractivity contribution is 5.51. The number of hydrogen-bond donors (Lipinski definition) is 2. The first kappa shape index (κ1) is 16.8. The van der Waals surface area contributed by atoms with E-state index in [1.165, 1.54) is 4.68 Å². The Balaban J connectivity index is 0.000000235. The monoisotopic (exact) mass is 308 g/mol. The maximum absolute atomic E-state index is 10.8. The minimum Gasteiger partial charge on any atom is -0.868 e. The highest BCUT2D eigenvalue weighted by atomic mass is 16.6. The third-order valence-corrected chi connectivity index (χ3v) is 2.42. The molecule has 0 saturated carbocycles. The predicted octanol–water partition coefficient (Wildman–Crippen LogP) is -0.243. The smallest absolute Gasteiger partial charge is 0.276 e. The largest absolute Gasteiger partial charge is 0.868 e. The van der Waals surface area contributed by atoms with E-state index in [0.29, 0.717) is 6.07 Å². The van der Waals surface area contributed by atoms with Gasteiger partial charge < -0.3 is 10.2 Å². The molecule has 0 bridgehead atoms. The van der Waals surface area contributed by atoms with E-state index in [9.17, 15) is 25.3 Å². The van der Waals surface area contributed by atoms with Crippen LogP contribution in [0, 0.1) is 20.2 Å². The van der Waals surface area contributed by atoms with Crippen LogP contribution < -0.4 is 15.6 Å². The number of nitro benzene ring substituents is 2. The molecule has 2 aromatic rings. The Morgan fingerprint density at radius 1 is 1.18 bits per heavy atom. The van der Waals surface area contributed by atoms with Crippen molar-refractivity contribution in [2.24, 2.45) is 0 Å². The molecule has 0 unspecified atom stereocenters. The van der Waals surface area contributed by atoms with E-state index >= 15 is 0 Å². The zero-order valence-electron chi connectivity index (χ0n) is 11.2. The van der Waals surface area contributed by atoms with Gasteiger partial charge in [0.25, 0.3) is 11.4 Å². The highest BCUT2D eigenvalue weighted by Gasteiger charge is 2.13. The Labute approximate surface area is 123 Å². The summed E-state index contributed by atoms with van der Waals surface area (Å²) in [6.45, 7) is 0.0397. The molecule has 2 rings (SSSR count). The standard InChI is InChI=1S/C6H4N2O5.C6H9N2O/c9-6-2-1-4(7(10)11)3-5(6)8(12)13;7-8-3-1-2-6(4-8)5-9/h1-3,9H;1-4,9H,5,7H2/q;+1/p-1. The highest BCUT2D eigenvalue weighted by Crippen LogP contribution is 2.27. The van der Waals surface area contributed by atoms with Crippen LogP contribution in [0.3, 0.4) is 0 Å². The van der Waals surface area contributed by atoms with Gasteiger partial charge in [0, 0.05) is 17.7 Å². The number of aliphatic hydroxyl groups is 1. The van der Waals surface area contributed by atoms with Crippen molar-refractivity contribution in [3.63, 3.8) is 0 Å². The number of aliphatic hydroxyl groups excluding tert-OH is 1. The van der Waals surface area contributed by atoms with Crippen molar-refractivity contribution in [2.75, 3.05) is 5.84 Å². The lowest BCUT2D eigenvalue weighted by Crippen LogP contribution is -2.43. The average molecular weight is 308 g/mol. The van der Waals surface area contributed by atoms with Crippen LogP contribution in [0.2, 0.25) is 0 Å². The number of nitrogens with two attached hydrogens (primary N) is 1. The van der Waals surface area contributed by atoms with Gasteiger partial charge in [0.1, 0.15) is 0 Å². The van der Waals surface area contributed by atoms with Crippen molar-refractivity contribution in [3.05, 3.63) is 68.5 Å². The van der Waals surface area contributed by atoms with Crippen molar-refractivity contribution in [2.45, 2.75) is 6.61 Å². The van der Waals surface area contributed by atoms with Gasteiger partial charge in [-0.3, -0.25) is 20.2 Å². The normalized spacial score (nSPS) is 9.50. The van der Waals surface area contributed by atoms with Crippen LogP contribution in [0.5, 0.6) is 5.75 Å². The maximum atomic E-state index is 10.8. The fraction of sp³-hybridized carbons (Fsp3) is 0.0833. The Morgan fingerprint density at radius 2 is 1.86 bits per heavy atom. The number of pyridine rings is 1. The summed E-state index contributed by atoms with van der Waals surface area (Å²) in [5.74, 6) is 4.50. The van der Waals surface area contributed by atoms with Gasteiger partial charge in [-0.2, -0.15) is 0 Å². The molecule has 10 nitrogen and oxygen atoms in total. The van der Waals surface area contributed by atoms with Crippen molar-refractivity contribution < 1.29 is 24.7 Å². The van der Waals surface area contributed by atoms with Crippen LogP contribution in [0.1, 0.15) is 5.56 Å². The topological polar surface area (TPSA) is 159 Å². The lowest BCUT2D eigenvalue weighted by atomic mass is 10.2. The number of non-ortho nitro benzene ring substituents is 1. The van der Waals surface area contributed by atoms with Crippen molar-refractivity contribution in [1.82, 2.24) is 0 Å². The third-order valence-electron chi connectivity index (χ3n) is 2.42. The molecule has 0 radical (unpaired) electrons. The molecule has 116 valence electrons. The SMILES string of the molecule is N[n+]1cccc(CO)c1.O=[N+]([O-])c1ccc([O-])c([N+](=O)[O-])c1. The zero-order chi connectivity index (χ0) is 16.7. The summed E-state index contributed by atoms with van der Waals surface area (Å²) in [7, 11) is 0. The van der Waals surface area contributed by atoms with Crippen LogP contribution in [-0.2, 0) is 6.61 Å². The Hall–Kier alpha value is -3.27. The van der Waals surface area contributed by atoms with Crippen molar-refractivity contribution in [1.29, 1.82) is 0 Å². The van der Waals surface area contributed by atoms with E-state index < -0.39 is 27.0 Å². The molecule has 0 fully saturated rings. The fourth-order valence-corrected chi connectivity index (χ4v) is 1.40. The molecule has 3 N–H and O–H groups in total. The number of rotatable bonds is 3. The lowest BCUT2D eigenvalue weighted by Gasteiger charge is -2.03. The number of benzene rings is 1. The Bertz CT molecular complexity index is 691. The first-order valence-corrected chi connectivity index (χ1v) is 5.81. The molecule has 0 spiro atoms. The minimum absolute atomic E-state index is 0.0397. The molecule has 1 heterocycles. The molecule has 10 heteroatoms. The average Bonchev–Trinajstić information content (AvgIpc) is 2.47. The second kappa shape index (κ2) is 7.50. The molecular formula is C12H12N4O6. The van der Waals surface area contributed by atoms with Crippen LogP contribution in [0.4, 0.5) is 11.4 Å². The number of nitrogen functional groups attached to an aromatic ring is 1. The summed E-state index contributed by atoms with van der Waals surface area (Å²) in [6.07, 6.45) is 3.37. The number of nitro groups is 2. The van der Waals surface area contributed by atoms with Gasteiger partial charge in [-0.05, 0) is 11.8 Å². The third kappa shape index (κ3) is 4.68. The molecule has 0 saturated heterocycles. The van der Waals surface area contributed by atoms with E-state index in [4.69, 9.17) is 10.9 Å². The fourth-order valence-electron chi connectivity index (χ4n) is 1.40. The first-order chi connectivity index (χ1) is 10.3. The summed E-state index contributed by atoms with van der Waals surface area (Å²) >= 11 is 0. The van der Waals surface area contributed by atoms with E-state index in [0.717, 1.165) is 17.7 Å². The summed E-state index contributed by atoms with van der Waals surface area (Å²) < 4.78 is 1.41. The molecule has 0 atom stereocenters. The van der Waals surface area contributed by atoms with Gasteiger partial charge in [-0.15, -0.1) is 0 Å². The van der Waals surface area contributed by atoms with Crippen LogP contribution >= 0.6 is 0 Å². The van der Waals surface area contributed by atoms with E-state index in [2.05, 4.69) is 0 Å². The van der Waals surface area contributed by atoms with E-state index in [1.54, 1.807) is 18.5 Å². The van der Waals surface area contributed by atoms with Crippen molar-refractivity contribution >= 4 is 11.4 Å². The first-order valence-electron chi connectivity index (χ1n) is 5.81. The quantitative estimate of drug-likeness (QED) is 0.342. The predicted molar refractivity (Wildman–Crippen MR) is 71.9 cm³/mol. The van der Waals surface area contributed by atoms with Crippen LogP contribution in [0.15, 0.2) is 42.7 Å². The molecule has 22 heavy (non-hydrogen) atoms. The Morgan fingerprint density at radius 3 is 2.32 bits per heavy atom. The Kier molecular flexibility index (Phi) is 5.72. The van der Waals surface area contributed by atoms with Crippen LogP contribution in [0.25, 0.3) is 0 Å². The van der Waals surface area contributed by atoms with Gasteiger partial charge in [0.15, 0.2) is 6.20 Å². The maximum Gasteiger partial charge on any atom is 0.276 e. The van der Waals surface area contributed by atoms with Gasteiger partial charge in [0.2, 0.25) is 6.20 Å². The van der Waals surface area contributed by atoms with Gasteiger partial charge in [-0.1, -0.05) is 10.7 Å². The molecule has 0 amide bonds. The van der Waals surface area contributed by atoms with Crippen molar-refractivity contribution in [3.8, 4) is 5.75 Å². The number of nitrogens with zero attached hydrogens (tertiary/aromatic N) is 3. The van der Waals surface area contributed by atoms with E-state index in [1.807, 2.05) is 6.07 Å². The van der Waals surface area contributed by atoms with E-state index in [-0.39, 0.29) is 6.61 Å². The molecule has 1 aromatic heterocycles. The number of hydrogen-bond acceptors (Lipinski definition) is 7. The minimum atomic E-state index is -0.949. The van der Waals surface area contributed by atoms with Crippen LogP contribution in [-0.4, -0.2) is 15.0 Å². The second-order valence-corrected chi connectivity index (χ2v) is 3.98. The number of aromatic nitrogens is 1. The molecule has 0 aliphatic carbocycles. The lowest BCUT2D eigenvalue weighted by molar-refractivity contribution is -0.639. The molecular weight excluding hydrogens is 296 g/mol. The summed E-state index contributed by atoms with van der Waals surface area (Å²) in [5, 5.41) is 39.7. The zero-order valence-corrected chi connectivity index (χ0v) is 11.2. The summed E-state index contributed by atoms with van der Waals surface area (Å²) in [5.41, 5.74) is -0.430. The second-order valence-electron chi connectivity index (χ2n) is 3.98.